The molecule has 0 aliphatic carbocycles. The van der Waals surface area contributed by atoms with Crippen LogP contribution in [0.3, 0.4) is 0 Å². The normalized spacial score (nSPS) is 10.6. The number of methoxy groups -OCH3 is 1. The highest BCUT2D eigenvalue weighted by molar-refractivity contribution is 6.17. The van der Waals surface area contributed by atoms with Crippen LogP contribution < -0.4 is 0 Å². The number of hydrogen-bond acceptors (Lipinski definition) is 6. The van der Waals surface area contributed by atoms with Gasteiger partial charge < -0.3 is 14.2 Å². The molecule has 1 heterocycles. The predicted molar refractivity (Wildman–Crippen MR) is 73.9 cm³/mol. The number of carbonyl (C=O) groups is 1. The highest BCUT2D eigenvalue weighted by atomic mass is 35.5. The van der Waals surface area contributed by atoms with E-state index in [0.717, 1.165) is 0 Å². The third-order valence-electron chi connectivity index (χ3n) is 2.44. The summed E-state index contributed by atoms with van der Waals surface area (Å²) in [5.74, 6) is 0.269. The molecule has 20 heavy (non-hydrogen) atoms. The van der Waals surface area contributed by atoms with Crippen LogP contribution in [-0.2, 0) is 26.5 Å². The van der Waals surface area contributed by atoms with Crippen molar-refractivity contribution in [1.82, 2.24) is 9.97 Å². The van der Waals surface area contributed by atoms with Crippen molar-refractivity contribution in [2.24, 2.45) is 0 Å². The molecule has 1 aromatic rings. The van der Waals surface area contributed by atoms with E-state index < -0.39 is 5.97 Å². The van der Waals surface area contributed by atoms with Gasteiger partial charge in [0, 0.05) is 19.7 Å². The Balaban J connectivity index is 2.60. The molecule has 0 saturated heterocycles. The summed E-state index contributed by atoms with van der Waals surface area (Å²) < 4.78 is 15.1. The molecule has 0 atom stereocenters. The van der Waals surface area contributed by atoms with E-state index in [0.29, 0.717) is 49.9 Å². The van der Waals surface area contributed by atoms with Gasteiger partial charge in [0.25, 0.3) is 0 Å². The van der Waals surface area contributed by atoms with E-state index in [-0.39, 0.29) is 5.88 Å². The number of carbonyl (C=O) groups excluding carboxylic acids is 1. The Morgan fingerprint density at radius 2 is 2.15 bits per heavy atom. The van der Waals surface area contributed by atoms with Crippen LogP contribution in [0.25, 0.3) is 0 Å². The van der Waals surface area contributed by atoms with Gasteiger partial charge in [-0.15, -0.1) is 11.6 Å². The molecule has 1 aromatic heterocycles. The van der Waals surface area contributed by atoms with Gasteiger partial charge in [0.1, 0.15) is 11.4 Å². The van der Waals surface area contributed by atoms with Crippen LogP contribution >= 0.6 is 11.6 Å². The molecule has 7 heteroatoms. The van der Waals surface area contributed by atoms with Crippen molar-refractivity contribution in [1.29, 1.82) is 0 Å². The first-order valence-corrected chi connectivity index (χ1v) is 6.90. The lowest BCUT2D eigenvalue weighted by Crippen LogP contribution is -2.13. The number of esters is 1. The van der Waals surface area contributed by atoms with Crippen LogP contribution in [0.2, 0.25) is 0 Å². The Labute approximate surface area is 123 Å². The molecule has 0 N–H and O–H groups in total. The van der Waals surface area contributed by atoms with Crippen molar-refractivity contribution in [3.05, 3.63) is 23.3 Å². The van der Waals surface area contributed by atoms with Crippen LogP contribution in [0.4, 0.5) is 0 Å². The van der Waals surface area contributed by atoms with Crippen molar-refractivity contribution < 1.29 is 19.0 Å². The smallest absolute Gasteiger partial charge is 0.341 e. The highest BCUT2D eigenvalue weighted by Crippen LogP contribution is 2.10. The van der Waals surface area contributed by atoms with Gasteiger partial charge in [-0.25, -0.2) is 14.8 Å². The Morgan fingerprint density at radius 3 is 2.80 bits per heavy atom. The third-order valence-corrected chi connectivity index (χ3v) is 2.69. The molecule has 0 unspecified atom stereocenters. The number of ether oxygens (including phenoxy) is 3. The molecule has 0 aliphatic rings. The summed E-state index contributed by atoms with van der Waals surface area (Å²) in [5, 5.41) is 0. The molecule has 6 nitrogen and oxygen atoms in total. The minimum atomic E-state index is -0.453. The average molecular weight is 303 g/mol. The molecular formula is C13H19ClN2O4. The summed E-state index contributed by atoms with van der Waals surface area (Å²) in [6.45, 7) is 3.61. The first-order chi connectivity index (χ1) is 9.72. The fraction of sp³-hybridized carbons (Fsp3) is 0.615. The van der Waals surface area contributed by atoms with E-state index in [2.05, 4.69) is 9.97 Å². The fourth-order valence-corrected chi connectivity index (χ4v) is 1.67. The molecule has 0 spiro atoms. The van der Waals surface area contributed by atoms with Crippen molar-refractivity contribution in [2.45, 2.75) is 19.2 Å². The van der Waals surface area contributed by atoms with Crippen LogP contribution in [0, 0.1) is 0 Å². The molecule has 0 amide bonds. The largest absolute Gasteiger partial charge is 0.462 e. The van der Waals surface area contributed by atoms with Crippen molar-refractivity contribution in [2.75, 3.05) is 33.5 Å². The van der Waals surface area contributed by atoms with Gasteiger partial charge in [-0.3, -0.25) is 0 Å². The first kappa shape index (κ1) is 16.8. The maximum absolute atomic E-state index is 11.7. The van der Waals surface area contributed by atoms with Gasteiger partial charge in [0.2, 0.25) is 0 Å². The number of rotatable bonds is 9. The van der Waals surface area contributed by atoms with Crippen LogP contribution in [0.5, 0.6) is 0 Å². The minimum absolute atomic E-state index is 0.133. The molecule has 0 bridgehead atoms. The van der Waals surface area contributed by atoms with Gasteiger partial charge in [0.05, 0.1) is 38.0 Å². The molecule has 1 rings (SSSR count). The zero-order chi connectivity index (χ0) is 14.8. The molecule has 0 aliphatic heterocycles. The second-order valence-corrected chi connectivity index (χ2v) is 4.12. The molecule has 0 saturated carbocycles. The Morgan fingerprint density at radius 1 is 1.35 bits per heavy atom. The van der Waals surface area contributed by atoms with E-state index in [1.807, 2.05) is 0 Å². The quantitative estimate of drug-likeness (QED) is 0.392. The maximum Gasteiger partial charge on any atom is 0.341 e. The molecule has 112 valence electrons. The Hall–Kier alpha value is -1.24. The molecular weight excluding hydrogens is 284 g/mol. The van der Waals surface area contributed by atoms with E-state index >= 15 is 0 Å². The van der Waals surface area contributed by atoms with Gasteiger partial charge in [-0.05, 0) is 6.92 Å². The zero-order valence-electron chi connectivity index (χ0n) is 11.7. The average Bonchev–Trinajstić information content (AvgIpc) is 2.47. The zero-order valence-corrected chi connectivity index (χ0v) is 12.5. The highest BCUT2D eigenvalue weighted by Gasteiger charge is 2.14. The lowest BCUT2D eigenvalue weighted by Gasteiger charge is -2.08. The van der Waals surface area contributed by atoms with Gasteiger partial charge in [-0.1, -0.05) is 0 Å². The van der Waals surface area contributed by atoms with Gasteiger partial charge in [0.15, 0.2) is 0 Å². The number of hydrogen-bond donors (Lipinski definition) is 0. The monoisotopic (exact) mass is 302 g/mol. The summed E-state index contributed by atoms with van der Waals surface area (Å²) in [6, 6.07) is 0. The second-order valence-electron chi connectivity index (χ2n) is 3.86. The first-order valence-electron chi connectivity index (χ1n) is 6.37. The third kappa shape index (κ3) is 5.40. The van der Waals surface area contributed by atoms with Crippen LogP contribution in [-0.4, -0.2) is 49.5 Å². The lowest BCUT2D eigenvalue weighted by molar-refractivity contribution is 0.0524. The number of alkyl halides is 1. The van der Waals surface area contributed by atoms with Gasteiger partial charge in [-0.2, -0.15) is 0 Å². The predicted octanol–water partition coefficient (Wildman–Crippen LogP) is 1.60. The van der Waals surface area contributed by atoms with E-state index in [9.17, 15) is 4.79 Å². The number of halogens is 1. The molecule has 0 aromatic carbocycles. The summed E-state index contributed by atoms with van der Waals surface area (Å²) in [6.07, 6.45) is 2.00. The minimum Gasteiger partial charge on any atom is -0.462 e. The summed E-state index contributed by atoms with van der Waals surface area (Å²) in [4.78, 5) is 20.1. The van der Waals surface area contributed by atoms with E-state index in [4.69, 9.17) is 25.8 Å². The Kier molecular flexibility index (Phi) is 8.10. The van der Waals surface area contributed by atoms with E-state index in [1.54, 1.807) is 14.0 Å². The fourth-order valence-electron chi connectivity index (χ4n) is 1.47. The number of nitrogens with zero attached hydrogens (tertiary/aromatic N) is 2. The van der Waals surface area contributed by atoms with E-state index in [1.165, 1.54) is 6.20 Å². The summed E-state index contributed by atoms with van der Waals surface area (Å²) >= 11 is 5.81. The SMILES string of the molecule is CCOC(=O)c1cnc(CCOCCOC)nc1CCl. The second kappa shape index (κ2) is 9.63. The Bertz CT molecular complexity index is 429. The van der Waals surface area contributed by atoms with Crippen LogP contribution in [0.1, 0.15) is 28.8 Å². The van der Waals surface area contributed by atoms with Gasteiger partial charge >= 0.3 is 5.97 Å². The maximum atomic E-state index is 11.7. The molecule has 0 radical (unpaired) electrons. The topological polar surface area (TPSA) is 70.5 Å². The van der Waals surface area contributed by atoms with Crippen LogP contribution in [0.15, 0.2) is 6.20 Å². The number of aromatic nitrogens is 2. The lowest BCUT2D eigenvalue weighted by atomic mass is 10.2. The molecule has 0 fully saturated rings. The van der Waals surface area contributed by atoms with Crippen molar-refractivity contribution >= 4 is 17.6 Å². The standard InChI is InChI=1S/C13H19ClN2O4/c1-3-20-13(17)10-9-15-12(16-11(10)8-14)4-5-19-7-6-18-2/h9H,3-8H2,1-2H3. The summed E-state index contributed by atoms with van der Waals surface area (Å²) in [7, 11) is 1.62. The summed E-state index contributed by atoms with van der Waals surface area (Å²) in [5.41, 5.74) is 0.790. The van der Waals surface area contributed by atoms with Crippen molar-refractivity contribution in [3.8, 4) is 0 Å². The van der Waals surface area contributed by atoms with Crippen molar-refractivity contribution in [3.63, 3.8) is 0 Å².